The molecule has 8 heteroatoms. The number of carboxylic acid groups (broad SMARTS) is 1. The molecule has 138 valence electrons. The summed E-state index contributed by atoms with van der Waals surface area (Å²) in [5.41, 5.74) is 0.556. The lowest BCUT2D eigenvalue weighted by atomic mass is 9.83. The SMILES string of the molecule is COCC1=C(C(=O)O)N2C(=O)[C@@H](NC(=O)COc3ccccc3)[C@H]2CC1. The summed E-state index contributed by atoms with van der Waals surface area (Å²) >= 11 is 0. The van der Waals surface area contributed by atoms with Crippen molar-refractivity contribution in [2.45, 2.75) is 24.9 Å². The first-order chi connectivity index (χ1) is 12.5. The monoisotopic (exact) mass is 360 g/mol. The largest absolute Gasteiger partial charge is 0.484 e. The molecular weight excluding hydrogens is 340 g/mol. The van der Waals surface area contributed by atoms with Gasteiger partial charge in [0.25, 0.3) is 11.8 Å². The first-order valence-electron chi connectivity index (χ1n) is 8.27. The number of methoxy groups -OCH3 is 1. The Hall–Kier alpha value is -2.87. The van der Waals surface area contributed by atoms with Gasteiger partial charge < -0.3 is 19.9 Å². The van der Waals surface area contributed by atoms with Crippen molar-refractivity contribution in [3.05, 3.63) is 41.6 Å². The van der Waals surface area contributed by atoms with E-state index in [1.807, 2.05) is 6.07 Å². The number of carbonyl (C=O) groups is 3. The van der Waals surface area contributed by atoms with E-state index in [4.69, 9.17) is 9.47 Å². The summed E-state index contributed by atoms with van der Waals surface area (Å²) < 4.78 is 10.4. The smallest absolute Gasteiger partial charge is 0.352 e. The van der Waals surface area contributed by atoms with Crippen molar-refractivity contribution in [1.29, 1.82) is 0 Å². The molecule has 0 bridgehead atoms. The minimum Gasteiger partial charge on any atom is -0.484 e. The second-order valence-electron chi connectivity index (χ2n) is 6.15. The van der Waals surface area contributed by atoms with E-state index in [9.17, 15) is 19.5 Å². The fourth-order valence-corrected chi connectivity index (χ4v) is 3.34. The van der Waals surface area contributed by atoms with Crippen LogP contribution in [0.4, 0.5) is 0 Å². The lowest BCUT2D eigenvalue weighted by Crippen LogP contribution is -2.72. The summed E-state index contributed by atoms with van der Waals surface area (Å²) in [5, 5.41) is 12.1. The fourth-order valence-electron chi connectivity index (χ4n) is 3.34. The average Bonchev–Trinajstić information content (AvgIpc) is 2.65. The number of carboxylic acids is 1. The molecule has 0 aliphatic carbocycles. The Balaban J connectivity index is 1.61. The molecule has 1 saturated heterocycles. The first kappa shape index (κ1) is 17.9. The molecule has 2 atom stereocenters. The van der Waals surface area contributed by atoms with Crippen LogP contribution in [0.15, 0.2) is 41.6 Å². The fraction of sp³-hybridized carbons (Fsp3) is 0.389. The lowest BCUT2D eigenvalue weighted by molar-refractivity contribution is -0.156. The highest BCUT2D eigenvalue weighted by molar-refractivity contribution is 6.01. The van der Waals surface area contributed by atoms with Crippen molar-refractivity contribution in [2.75, 3.05) is 20.3 Å². The van der Waals surface area contributed by atoms with Gasteiger partial charge in [-0.3, -0.25) is 14.5 Å². The molecule has 0 aromatic heterocycles. The van der Waals surface area contributed by atoms with Crippen molar-refractivity contribution >= 4 is 17.8 Å². The molecule has 2 N–H and O–H groups in total. The summed E-state index contributed by atoms with van der Waals surface area (Å²) in [6.07, 6.45) is 1.09. The molecule has 1 aromatic rings. The zero-order chi connectivity index (χ0) is 18.7. The van der Waals surface area contributed by atoms with Gasteiger partial charge in [0, 0.05) is 7.11 Å². The molecule has 2 aliphatic rings. The van der Waals surface area contributed by atoms with Gasteiger partial charge in [0.05, 0.1) is 12.6 Å². The third-order valence-electron chi connectivity index (χ3n) is 4.49. The zero-order valence-electron chi connectivity index (χ0n) is 14.3. The molecule has 0 saturated carbocycles. The van der Waals surface area contributed by atoms with Crippen LogP contribution >= 0.6 is 0 Å². The molecule has 1 fully saturated rings. The summed E-state index contributed by atoms with van der Waals surface area (Å²) in [5.74, 6) is -1.45. The number of fused-ring (bicyclic) bond motifs is 1. The highest BCUT2D eigenvalue weighted by atomic mass is 16.5. The van der Waals surface area contributed by atoms with Crippen LogP contribution in [-0.2, 0) is 19.1 Å². The molecule has 0 unspecified atom stereocenters. The van der Waals surface area contributed by atoms with Crippen molar-refractivity contribution in [1.82, 2.24) is 10.2 Å². The Morgan fingerprint density at radius 2 is 2.04 bits per heavy atom. The third-order valence-corrected chi connectivity index (χ3v) is 4.49. The Morgan fingerprint density at radius 3 is 2.69 bits per heavy atom. The van der Waals surface area contributed by atoms with Crippen molar-refractivity contribution in [3.63, 3.8) is 0 Å². The van der Waals surface area contributed by atoms with Crippen molar-refractivity contribution in [3.8, 4) is 5.75 Å². The third kappa shape index (κ3) is 3.41. The molecule has 26 heavy (non-hydrogen) atoms. The zero-order valence-corrected chi connectivity index (χ0v) is 14.3. The van der Waals surface area contributed by atoms with Gasteiger partial charge in [0.2, 0.25) is 0 Å². The predicted molar refractivity (Wildman–Crippen MR) is 90.3 cm³/mol. The molecule has 1 aromatic carbocycles. The number of amides is 2. The number of benzene rings is 1. The van der Waals surface area contributed by atoms with Crippen LogP contribution < -0.4 is 10.1 Å². The van der Waals surface area contributed by atoms with Crippen LogP contribution in [-0.4, -0.2) is 60.2 Å². The van der Waals surface area contributed by atoms with E-state index in [0.29, 0.717) is 24.2 Å². The van der Waals surface area contributed by atoms with E-state index in [2.05, 4.69) is 5.32 Å². The second-order valence-corrected chi connectivity index (χ2v) is 6.15. The molecule has 2 heterocycles. The Morgan fingerprint density at radius 1 is 1.31 bits per heavy atom. The molecule has 8 nitrogen and oxygen atoms in total. The molecule has 3 rings (SSSR count). The Labute approximate surface area is 150 Å². The Kier molecular flexibility index (Phi) is 5.22. The first-order valence-corrected chi connectivity index (χ1v) is 8.27. The summed E-state index contributed by atoms with van der Waals surface area (Å²) in [7, 11) is 1.48. The van der Waals surface area contributed by atoms with Gasteiger partial charge in [-0.2, -0.15) is 0 Å². The van der Waals surface area contributed by atoms with Gasteiger partial charge in [-0.05, 0) is 30.5 Å². The average molecular weight is 360 g/mol. The van der Waals surface area contributed by atoms with Crippen molar-refractivity contribution in [2.24, 2.45) is 0 Å². The van der Waals surface area contributed by atoms with E-state index >= 15 is 0 Å². The number of nitrogens with one attached hydrogen (secondary N) is 1. The number of aliphatic carboxylic acids is 1. The molecule has 2 aliphatic heterocycles. The topological polar surface area (TPSA) is 105 Å². The maximum Gasteiger partial charge on any atom is 0.352 e. The van der Waals surface area contributed by atoms with E-state index in [1.165, 1.54) is 12.0 Å². The maximum atomic E-state index is 12.4. The van der Waals surface area contributed by atoms with Crippen LogP contribution in [0.1, 0.15) is 12.8 Å². The normalized spacial score (nSPS) is 21.7. The van der Waals surface area contributed by atoms with Crippen molar-refractivity contribution < 1.29 is 29.0 Å². The van der Waals surface area contributed by atoms with Gasteiger partial charge in [-0.15, -0.1) is 0 Å². The highest BCUT2D eigenvalue weighted by Crippen LogP contribution is 2.36. The molecular formula is C18H20N2O6. The number of hydrogen-bond donors (Lipinski definition) is 2. The van der Waals surface area contributed by atoms with E-state index in [1.54, 1.807) is 24.3 Å². The van der Waals surface area contributed by atoms with E-state index in [-0.39, 0.29) is 25.0 Å². The standard InChI is InChI=1S/C18H20N2O6/c1-25-9-11-7-8-13-15(17(22)20(13)16(11)18(23)24)19-14(21)10-26-12-5-3-2-4-6-12/h2-6,13,15H,7-10H2,1H3,(H,19,21)(H,23,24)/t13-,15+/m1/s1. The Bertz CT molecular complexity index is 745. The van der Waals surface area contributed by atoms with E-state index < -0.39 is 23.8 Å². The van der Waals surface area contributed by atoms with Gasteiger partial charge in [-0.1, -0.05) is 18.2 Å². The number of hydrogen-bond acceptors (Lipinski definition) is 5. The van der Waals surface area contributed by atoms with Crippen LogP contribution in [0.3, 0.4) is 0 Å². The number of para-hydroxylation sites is 1. The van der Waals surface area contributed by atoms with Crippen LogP contribution in [0, 0.1) is 0 Å². The number of ether oxygens (including phenoxy) is 2. The maximum absolute atomic E-state index is 12.4. The van der Waals surface area contributed by atoms with Crippen LogP contribution in [0.25, 0.3) is 0 Å². The minimum absolute atomic E-state index is 0.0286. The molecule has 0 radical (unpaired) electrons. The lowest BCUT2D eigenvalue weighted by Gasteiger charge is -2.50. The molecule has 2 amide bonds. The molecule has 0 spiro atoms. The quantitative estimate of drug-likeness (QED) is 0.688. The summed E-state index contributed by atoms with van der Waals surface area (Å²) in [6, 6.07) is 7.80. The second kappa shape index (κ2) is 7.57. The van der Waals surface area contributed by atoms with Gasteiger partial charge in [0.15, 0.2) is 6.61 Å². The summed E-state index contributed by atoms with van der Waals surface area (Å²) in [6.45, 7) is -0.0445. The van der Waals surface area contributed by atoms with Gasteiger partial charge >= 0.3 is 5.97 Å². The number of rotatable bonds is 7. The number of carbonyl (C=O) groups excluding carboxylic acids is 2. The number of β-lactam (4-membered cyclic amide) rings is 1. The van der Waals surface area contributed by atoms with Gasteiger partial charge in [0.1, 0.15) is 17.5 Å². The minimum atomic E-state index is -1.16. The van der Waals surface area contributed by atoms with E-state index in [0.717, 1.165) is 0 Å². The predicted octanol–water partition coefficient (Wildman–Crippen LogP) is 0.540. The van der Waals surface area contributed by atoms with Gasteiger partial charge in [-0.25, -0.2) is 4.79 Å². The van der Waals surface area contributed by atoms with Crippen LogP contribution in [0.2, 0.25) is 0 Å². The number of nitrogens with zero attached hydrogens (tertiary/aromatic N) is 1. The van der Waals surface area contributed by atoms with Crippen LogP contribution in [0.5, 0.6) is 5.75 Å². The highest BCUT2D eigenvalue weighted by Gasteiger charge is 2.53. The summed E-state index contributed by atoms with van der Waals surface area (Å²) in [4.78, 5) is 37.3.